The number of rotatable bonds is 2. The molecule has 2 aromatic rings. The number of nitrogens with one attached hydrogen (secondary N) is 1. The molecule has 0 heterocycles. The number of ether oxygens (including phenoxy) is 1. The van der Waals surface area contributed by atoms with Crippen molar-refractivity contribution in [3.05, 3.63) is 42.0 Å². The normalized spacial score (nSPS) is 11.4. The molecule has 1 amide bonds. The molecule has 0 spiro atoms. The third-order valence-corrected chi connectivity index (χ3v) is 2.84. The van der Waals surface area contributed by atoms with Crippen LogP contribution >= 0.6 is 0 Å². The lowest BCUT2D eigenvalue weighted by Gasteiger charge is -2.19. The number of anilines is 1. The second-order valence-electron chi connectivity index (χ2n) is 5.68. The number of hydrogen-bond acceptors (Lipinski definition) is 3. The van der Waals surface area contributed by atoms with Gasteiger partial charge in [0, 0.05) is 12.2 Å². The van der Waals surface area contributed by atoms with Crippen LogP contribution < -0.4 is 11.1 Å². The summed E-state index contributed by atoms with van der Waals surface area (Å²) >= 11 is 0. The molecule has 3 N–H and O–H groups in total. The van der Waals surface area contributed by atoms with E-state index < -0.39 is 11.7 Å². The lowest BCUT2D eigenvalue weighted by molar-refractivity contribution is 0.0636. The van der Waals surface area contributed by atoms with Gasteiger partial charge in [0.1, 0.15) is 5.60 Å². The Morgan fingerprint density at radius 2 is 2.00 bits per heavy atom. The molecule has 0 radical (unpaired) electrons. The van der Waals surface area contributed by atoms with Crippen molar-refractivity contribution in [2.45, 2.75) is 32.9 Å². The topological polar surface area (TPSA) is 64.3 Å². The number of benzene rings is 2. The highest BCUT2D eigenvalue weighted by molar-refractivity contribution is 5.92. The molecule has 20 heavy (non-hydrogen) atoms. The summed E-state index contributed by atoms with van der Waals surface area (Å²) in [6.07, 6.45) is -0.452. The van der Waals surface area contributed by atoms with E-state index in [1.165, 1.54) is 0 Å². The van der Waals surface area contributed by atoms with E-state index in [2.05, 4.69) is 5.32 Å². The Hall–Kier alpha value is -2.07. The van der Waals surface area contributed by atoms with E-state index in [1.54, 1.807) is 0 Å². The molecule has 0 aliphatic rings. The van der Waals surface area contributed by atoms with Crippen LogP contribution in [0.25, 0.3) is 10.8 Å². The maximum Gasteiger partial charge on any atom is 0.412 e. The second-order valence-corrected chi connectivity index (χ2v) is 5.68. The zero-order chi connectivity index (χ0) is 14.8. The fourth-order valence-electron chi connectivity index (χ4n) is 2.03. The summed E-state index contributed by atoms with van der Waals surface area (Å²) in [5, 5.41) is 4.88. The first kappa shape index (κ1) is 14.3. The van der Waals surface area contributed by atoms with Gasteiger partial charge in [0.25, 0.3) is 0 Å². The molecule has 0 aliphatic heterocycles. The van der Waals surface area contributed by atoms with E-state index in [4.69, 9.17) is 10.5 Å². The van der Waals surface area contributed by atoms with Crippen molar-refractivity contribution in [3.8, 4) is 0 Å². The van der Waals surface area contributed by atoms with Crippen LogP contribution in [0.1, 0.15) is 26.3 Å². The SMILES string of the molecule is CC(C)(C)OC(=O)Nc1ccc2c(CN)cccc2c1. The highest BCUT2D eigenvalue weighted by Crippen LogP contribution is 2.23. The third kappa shape index (κ3) is 3.48. The fourth-order valence-corrected chi connectivity index (χ4v) is 2.03. The summed E-state index contributed by atoms with van der Waals surface area (Å²) in [7, 11) is 0. The highest BCUT2D eigenvalue weighted by atomic mass is 16.6. The molecule has 0 saturated carbocycles. The fraction of sp³-hybridized carbons (Fsp3) is 0.312. The molecular formula is C16H20N2O2. The third-order valence-electron chi connectivity index (χ3n) is 2.84. The molecule has 0 fully saturated rings. The number of hydrogen-bond donors (Lipinski definition) is 2. The summed E-state index contributed by atoms with van der Waals surface area (Å²) in [6, 6.07) is 11.7. The van der Waals surface area contributed by atoms with Crippen molar-refractivity contribution in [2.24, 2.45) is 5.73 Å². The molecule has 4 nitrogen and oxygen atoms in total. The molecule has 0 aromatic heterocycles. The van der Waals surface area contributed by atoms with E-state index in [9.17, 15) is 4.79 Å². The van der Waals surface area contributed by atoms with Crippen molar-refractivity contribution in [2.75, 3.05) is 5.32 Å². The summed E-state index contributed by atoms with van der Waals surface area (Å²) in [6.45, 7) is 6.00. The van der Waals surface area contributed by atoms with E-state index >= 15 is 0 Å². The molecule has 4 heteroatoms. The van der Waals surface area contributed by atoms with Gasteiger partial charge in [-0.3, -0.25) is 5.32 Å². The van der Waals surface area contributed by atoms with Gasteiger partial charge in [-0.1, -0.05) is 24.3 Å². The Bertz CT molecular complexity index is 630. The van der Waals surface area contributed by atoms with Gasteiger partial charge >= 0.3 is 6.09 Å². The van der Waals surface area contributed by atoms with Crippen LogP contribution in [0.15, 0.2) is 36.4 Å². The summed E-state index contributed by atoms with van der Waals surface area (Å²) in [4.78, 5) is 11.7. The van der Waals surface area contributed by atoms with Gasteiger partial charge < -0.3 is 10.5 Å². The smallest absolute Gasteiger partial charge is 0.412 e. The zero-order valence-electron chi connectivity index (χ0n) is 12.1. The predicted molar refractivity (Wildman–Crippen MR) is 81.7 cm³/mol. The first-order chi connectivity index (χ1) is 9.39. The van der Waals surface area contributed by atoms with Gasteiger partial charge in [-0.15, -0.1) is 0 Å². The Labute approximate surface area is 118 Å². The van der Waals surface area contributed by atoms with Gasteiger partial charge in [0.15, 0.2) is 0 Å². The van der Waals surface area contributed by atoms with Gasteiger partial charge in [-0.2, -0.15) is 0 Å². The van der Waals surface area contributed by atoms with Crippen molar-refractivity contribution < 1.29 is 9.53 Å². The van der Waals surface area contributed by atoms with Gasteiger partial charge in [-0.25, -0.2) is 4.79 Å². The van der Waals surface area contributed by atoms with E-state index in [1.807, 2.05) is 57.2 Å². The minimum atomic E-state index is -0.506. The van der Waals surface area contributed by atoms with E-state index in [0.29, 0.717) is 12.2 Å². The van der Waals surface area contributed by atoms with Crippen LogP contribution in [0.3, 0.4) is 0 Å². The second kappa shape index (κ2) is 5.51. The number of amides is 1. The minimum Gasteiger partial charge on any atom is -0.444 e. The van der Waals surface area contributed by atoms with Crippen molar-refractivity contribution >= 4 is 22.6 Å². The molecule has 0 atom stereocenters. The van der Waals surface area contributed by atoms with Gasteiger partial charge in [-0.05, 0) is 49.2 Å². The maximum absolute atomic E-state index is 11.7. The number of carbonyl (C=O) groups excluding carboxylic acids is 1. The van der Waals surface area contributed by atoms with Gasteiger partial charge in [0.05, 0.1) is 0 Å². The standard InChI is InChI=1S/C16H20N2O2/c1-16(2,3)20-15(19)18-13-7-8-14-11(9-13)5-4-6-12(14)10-17/h4-9H,10,17H2,1-3H3,(H,18,19). The lowest BCUT2D eigenvalue weighted by atomic mass is 10.0. The van der Waals surface area contributed by atoms with Crippen LogP contribution in [0.2, 0.25) is 0 Å². The molecule has 0 bridgehead atoms. The van der Waals surface area contributed by atoms with E-state index in [-0.39, 0.29) is 0 Å². The molecule has 0 aliphatic carbocycles. The molecule has 2 rings (SSSR count). The van der Waals surface area contributed by atoms with Crippen molar-refractivity contribution in [3.63, 3.8) is 0 Å². The maximum atomic E-state index is 11.7. The Morgan fingerprint density at radius 3 is 2.65 bits per heavy atom. The number of fused-ring (bicyclic) bond motifs is 1. The average Bonchev–Trinajstić information content (AvgIpc) is 2.35. The first-order valence-corrected chi connectivity index (χ1v) is 6.61. The van der Waals surface area contributed by atoms with Crippen LogP contribution in [0, 0.1) is 0 Å². The van der Waals surface area contributed by atoms with Crippen LogP contribution in [0.4, 0.5) is 10.5 Å². The molecule has 2 aromatic carbocycles. The summed E-state index contributed by atoms with van der Waals surface area (Å²) < 4.78 is 5.23. The first-order valence-electron chi connectivity index (χ1n) is 6.61. The van der Waals surface area contributed by atoms with E-state index in [0.717, 1.165) is 16.3 Å². The Kier molecular flexibility index (Phi) is 3.95. The zero-order valence-corrected chi connectivity index (χ0v) is 12.1. The lowest BCUT2D eigenvalue weighted by Crippen LogP contribution is -2.27. The quantitative estimate of drug-likeness (QED) is 0.877. The molecule has 0 unspecified atom stereocenters. The monoisotopic (exact) mass is 272 g/mol. The molecular weight excluding hydrogens is 252 g/mol. The molecule has 106 valence electrons. The minimum absolute atomic E-state index is 0.452. The number of carbonyl (C=O) groups is 1. The molecule has 0 saturated heterocycles. The Balaban J connectivity index is 2.22. The van der Waals surface area contributed by atoms with Gasteiger partial charge in [0.2, 0.25) is 0 Å². The number of nitrogens with two attached hydrogens (primary N) is 1. The summed E-state index contributed by atoms with van der Waals surface area (Å²) in [5.41, 5.74) is 7.01. The van der Waals surface area contributed by atoms with Crippen molar-refractivity contribution in [1.29, 1.82) is 0 Å². The van der Waals surface area contributed by atoms with Crippen molar-refractivity contribution in [1.82, 2.24) is 0 Å². The Morgan fingerprint density at radius 1 is 1.25 bits per heavy atom. The largest absolute Gasteiger partial charge is 0.444 e. The summed E-state index contributed by atoms with van der Waals surface area (Å²) in [5.74, 6) is 0. The predicted octanol–water partition coefficient (Wildman–Crippen LogP) is 3.65. The van der Waals surface area contributed by atoms with Crippen LogP contribution in [-0.2, 0) is 11.3 Å². The van der Waals surface area contributed by atoms with Crippen LogP contribution in [-0.4, -0.2) is 11.7 Å². The average molecular weight is 272 g/mol. The highest BCUT2D eigenvalue weighted by Gasteiger charge is 2.16. The van der Waals surface area contributed by atoms with Crippen LogP contribution in [0.5, 0.6) is 0 Å².